The predicted octanol–water partition coefficient (Wildman–Crippen LogP) is 2.40. The maximum absolute atomic E-state index is 3.55. The Balaban J connectivity index is 1.69. The SMILES string of the molecule is CC(C)CCCCCCNCC1CNC1. The topological polar surface area (TPSA) is 24.1 Å². The maximum Gasteiger partial charge on any atom is 0.000394 e. The van der Waals surface area contributed by atoms with Crippen molar-refractivity contribution in [2.45, 2.75) is 46.0 Å². The molecule has 0 aliphatic carbocycles. The van der Waals surface area contributed by atoms with E-state index in [2.05, 4.69) is 24.5 Å². The average Bonchev–Trinajstić information content (AvgIpc) is 2.12. The largest absolute Gasteiger partial charge is 0.316 e. The summed E-state index contributed by atoms with van der Waals surface area (Å²) in [6, 6.07) is 0. The van der Waals surface area contributed by atoms with Crippen molar-refractivity contribution in [1.29, 1.82) is 0 Å². The third-order valence-corrected chi connectivity index (χ3v) is 3.18. The Hall–Kier alpha value is -0.0800. The molecule has 2 nitrogen and oxygen atoms in total. The smallest absolute Gasteiger partial charge is 0.000394 e. The van der Waals surface area contributed by atoms with Crippen LogP contribution in [0.2, 0.25) is 0 Å². The second-order valence-electron chi connectivity index (χ2n) is 5.33. The molecular formula is C13H28N2. The molecule has 15 heavy (non-hydrogen) atoms. The van der Waals surface area contributed by atoms with Gasteiger partial charge >= 0.3 is 0 Å². The van der Waals surface area contributed by atoms with Crippen LogP contribution in [0.25, 0.3) is 0 Å². The third-order valence-electron chi connectivity index (χ3n) is 3.18. The van der Waals surface area contributed by atoms with Crippen molar-refractivity contribution in [3.05, 3.63) is 0 Å². The van der Waals surface area contributed by atoms with Gasteiger partial charge in [0.05, 0.1) is 0 Å². The summed E-state index contributed by atoms with van der Waals surface area (Å²) in [6.45, 7) is 9.52. The fourth-order valence-electron chi connectivity index (χ4n) is 1.96. The summed E-state index contributed by atoms with van der Waals surface area (Å²) < 4.78 is 0. The van der Waals surface area contributed by atoms with E-state index in [-0.39, 0.29) is 0 Å². The van der Waals surface area contributed by atoms with Crippen LogP contribution in [0.4, 0.5) is 0 Å². The van der Waals surface area contributed by atoms with Crippen LogP contribution < -0.4 is 10.6 Å². The number of hydrogen-bond donors (Lipinski definition) is 2. The summed E-state index contributed by atoms with van der Waals surface area (Å²) in [5.41, 5.74) is 0. The minimum absolute atomic E-state index is 0.884. The van der Waals surface area contributed by atoms with Crippen molar-refractivity contribution in [2.75, 3.05) is 26.2 Å². The molecule has 90 valence electrons. The Morgan fingerprint density at radius 1 is 1.13 bits per heavy atom. The second kappa shape index (κ2) is 8.12. The lowest BCUT2D eigenvalue weighted by atomic mass is 10.0. The van der Waals surface area contributed by atoms with Gasteiger partial charge in [-0.05, 0) is 24.8 Å². The molecule has 1 aliphatic heterocycles. The molecule has 2 N–H and O–H groups in total. The summed E-state index contributed by atoms with van der Waals surface area (Å²) in [5, 5.41) is 6.85. The molecule has 0 atom stereocenters. The van der Waals surface area contributed by atoms with Crippen molar-refractivity contribution in [2.24, 2.45) is 11.8 Å². The Labute approximate surface area is 95.2 Å². The molecule has 0 radical (unpaired) electrons. The van der Waals surface area contributed by atoms with Gasteiger partial charge in [0.25, 0.3) is 0 Å². The molecule has 1 rings (SSSR count). The highest BCUT2D eigenvalue weighted by molar-refractivity contribution is 4.76. The van der Waals surface area contributed by atoms with Gasteiger partial charge in [-0.3, -0.25) is 0 Å². The Kier molecular flexibility index (Phi) is 7.03. The van der Waals surface area contributed by atoms with Crippen LogP contribution in [0, 0.1) is 11.8 Å². The van der Waals surface area contributed by atoms with Crippen molar-refractivity contribution in [3.8, 4) is 0 Å². The Bertz CT molecular complexity index is 141. The van der Waals surface area contributed by atoms with Crippen LogP contribution in [0.5, 0.6) is 0 Å². The number of rotatable bonds is 9. The molecule has 1 heterocycles. The van der Waals surface area contributed by atoms with Crippen LogP contribution in [0.15, 0.2) is 0 Å². The van der Waals surface area contributed by atoms with E-state index in [0.29, 0.717) is 0 Å². The number of unbranched alkanes of at least 4 members (excludes halogenated alkanes) is 3. The second-order valence-corrected chi connectivity index (χ2v) is 5.33. The van der Waals surface area contributed by atoms with E-state index >= 15 is 0 Å². The zero-order valence-corrected chi connectivity index (χ0v) is 10.5. The Morgan fingerprint density at radius 2 is 1.87 bits per heavy atom. The van der Waals surface area contributed by atoms with Gasteiger partial charge in [-0.15, -0.1) is 0 Å². The predicted molar refractivity (Wildman–Crippen MR) is 67.2 cm³/mol. The van der Waals surface area contributed by atoms with Gasteiger partial charge in [0.15, 0.2) is 0 Å². The van der Waals surface area contributed by atoms with E-state index in [1.165, 1.54) is 58.3 Å². The standard InChI is InChI=1S/C13H28N2/c1-12(2)7-5-3-4-6-8-14-9-13-10-15-11-13/h12-15H,3-11H2,1-2H3. The summed E-state index contributed by atoms with van der Waals surface area (Å²) in [6.07, 6.45) is 7.01. The first-order valence-corrected chi connectivity index (χ1v) is 6.70. The lowest BCUT2D eigenvalue weighted by molar-refractivity contribution is 0.330. The van der Waals surface area contributed by atoms with Gasteiger partial charge in [0.1, 0.15) is 0 Å². The first kappa shape index (κ1) is 13.0. The molecule has 0 bridgehead atoms. The van der Waals surface area contributed by atoms with E-state index in [9.17, 15) is 0 Å². The highest BCUT2D eigenvalue weighted by Gasteiger charge is 2.14. The molecule has 0 amide bonds. The molecule has 1 aliphatic rings. The van der Waals surface area contributed by atoms with Gasteiger partial charge < -0.3 is 10.6 Å². The molecule has 1 fully saturated rings. The summed E-state index contributed by atoms with van der Waals surface area (Å²) in [7, 11) is 0. The van der Waals surface area contributed by atoms with Crippen LogP contribution in [0.1, 0.15) is 46.0 Å². The lowest BCUT2D eigenvalue weighted by Gasteiger charge is -2.27. The molecular weight excluding hydrogens is 184 g/mol. The van der Waals surface area contributed by atoms with E-state index in [4.69, 9.17) is 0 Å². The van der Waals surface area contributed by atoms with Crippen LogP contribution in [-0.2, 0) is 0 Å². The zero-order chi connectivity index (χ0) is 10.9. The fourth-order valence-corrected chi connectivity index (χ4v) is 1.96. The van der Waals surface area contributed by atoms with Gasteiger partial charge in [-0.2, -0.15) is 0 Å². The monoisotopic (exact) mass is 212 g/mol. The van der Waals surface area contributed by atoms with Crippen LogP contribution in [0.3, 0.4) is 0 Å². The highest BCUT2D eigenvalue weighted by atomic mass is 15.0. The molecule has 2 heteroatoms. The van der Waals surface area contributed by atoms with Gasteiger partial charge in [0.2, 0.25) is 0 Å². The molecule has 1 saturated heterocycles. The van der Waals surface area contributed by atoms with Crippen molar-refractivity contribution >= 4 is 0 Å². The maximum atomic E-state index is 3.55. The van der Waals surface area contributed by atoms with Crippen LogP contribution >= 0.6 is 0 Å². The normalized spacial score (nSPS) is 17.0. The first-order valence-electron chi connectivity index (χ1n) is 6.70. The third kappa shape index (κ3) is 6.91. The molecule has 0 aromatic carbocycles. The van der Waals surface area contributed by atoms with Crippen molar-refractivity contribution < 1.29 is 0 Å². The fraction of sp³-hybridized carbons (Fsp3) is 1.00. The Morgan fingerprint density at radius 3 is 2.47 bits per heavy atom. The number of nitrogens with one attached hydrogen (secondary N) is 2. The molecule has 0 aromatic rings. The number of hydrogen-bond acceptors (Lipinski definition) is 2. The highest BCUT2D eigenvalue weighted by Crippen LogP contribution is 2.09. The van der Waals surface area contributed by atoms with E-state index < -0.39 is 0 Å². The van der Waals surface area contributed by atoms with Gasteiger partial charge in [0, 0.05) is 19.6 Å². The van der Waals surface area contributed by atoms with Crippen molar-refractivity contribution in [3.63, 3.8) is 0 Å². The lowest BCUT2D eigenvalue weighted by Crippen LogP contribution is -2.47. The van der Waals surface area contributed by atoms with E-state index in [1.807, 2.05) is 0 Å². The molecule has 0 spiro atoms. The van der Waals surface area contributed by atoms with Crippen LogP contribution in [-0.4, -0.2) is 26.2 Å². The summed E-state index contributed by atoms with van der Waals surface area (Å²) >= 11 is 0. The minimum atomic E-state index is 0.884. The average molecular weight is 212 g/mol. The summed E-state index contributed by atoms with van der Waals surface area (Å²) in [5.74, 6) is 1.79. The van der Waals surface area contributed by atoms with Gasteiger partial charge in [-0.25, -0.2) is 0 Å². The molecule has 0 unspecified atom stereocenters. The van der Waals surface area contributed by atoms with Crippen molar-refractivity contribution in [1.82, 2.24) is 10.6 Å². The molecule has 0 aromatic heterocycles. The summed E-state index contributed by atoms with van der Waals surface area (Å²) in [4.78, 5) is 0. The zero-order valence-electron chi connectivity index (χ0n) is 10.5. The molecule has 0 saturated carbocycles. The van der Waals surface area contributed by atoms with Gasteiger partial charge in [-0.1, -0.05) is 39.5 Å². The van der Waals surface area contributed by atoms with E-state index in [1.54, 1.807) is 0 Å². The first-order chi connectivity index (χ1) is 7.29. The van der Waals surface area contributed by atoms with E-state index in [0.717, 1.165) is 11.8 Å². The quantitative estimate of drug-likeness (QED) is 0.574. The minimum Gasteiger partial charge on any atom is -0.316 e.